The first-order valence-electron chi connectivity index (χ1n) is 6.14. The summed E-state index contributed by atoms with van der Waals surface area (Å²) in [6, 6.07) is 11.3. The van der Waals surface area contributed by atoms with Crippen molar-refractivity contribution < 1.29 is 0 Å². The van der Waals surface area contributed by atoms with Gasteiger partial charge < -0.3 is 22.9 Å². The van der Waals surface area contributed by atoms with Crippen LogP contribution < -0.4 is 22.9 Å². The van der Waals surface area contributed by atoms with E-state index in [4.69, 9.17) is 22.9 Å². The van der Waals surface area contributed by atoms with E-state index in [0.29, 0.717) is 22.7 Å². The normalized spacial score (nSPS) is 11.5. The number of para-hydroxylation sites is 2. The molecule has 0 aliphatic heterocycles. The highest BCUT2D eigenvalue weighted by atomic mass is 14.7. The zero-order valence-corrected chi connectivity index (χ0v) is 11.3. The van der Waals surface area contributed by atoms with Crippen LogP contribution in [0.4, 0.5) is 22.7 Å². The second kappa shape index (κ2) is 4.39. The van der Waals surface area contributed by atoms with Gasteiger partial charge in [0.2, 0.25) is 0 Å². The number of benzene rings is 2. The molecule has 2 aromatic carbocycles. The summed E-state index contributed by atoms with van der Waals surface area (Å²) in [5.74, 6) is 0. The molecule has 0 spiro atoms. The van der Waals surface area contributed by atoms with Gasteiger partial charge in [-0.3, -0.25) is 0 Å². The second-order valence-corrected chi connectivity index (χ2v) is 5.24. The number of anilines is 4. The molecule has 0 fully saturated rings. The Balaban J connectivity index is 2.65. The molecule has 0 aromatic heterocycles. The molecule has 0 atom stereocenters. The first-order valence-corrected chi connectivity index (χ1v) is 6.14. The van der Waals surface area contributed by atoms with Crippen LogP contribution in [-0.4, -0.2) is 0 Å². The lowest BCUT2D eigenvalue weighted by atomic mass is 9.76. The number of rotatable bonds is 2. The van der Waals surface area contributed by atoms with E-state index in [-0.39, 0.29) is 5.41 Å². The van der Waals surface area contributed by atoms with E-state index in [9.17, 15) is 0 Å². The molecule has 0 unspecified atom stereocenters. The largest absolute Gasteiger partial charge is 0.397 e. The van der Waals surface area contributed by atoms with Gasteiger partial charge in [-0.15, -0.1) is 0 Å². The van der Waals surface area contributed by atoms with Crippen LogP contribution in [0.3, 0.4) is 0 Å². The van der Waals surface area contributed by atoms with Crippen LogP contribution in [0.25, 0.3) is 0 Å². The molecule has 100 valence electrons. The molecule has 2 aromatic rings. The summed E-state index contributed by atoms with van der Waals surface area (Å²) in [4.78, 5) is 0. The van der Waals surface area contributed by atoms with Crippen LogP contribution in [-0.2, 0) is 5.41 Å². The summed E-state index contributed by atoms with van der Waals surface area (Å²) in [6.45, 7) is 4.12. The Morgan fingerprint density at radius 1 is 0.684 bits per heavy atom. The van der Waals surface area contributed by atoms with E-state index in [1.165, 1.54) is 0 Å². The Labute approximate surface area is 113 Å². The lowest BCUT2D eigenvalue weighted by Crippen LogP contribution is -2.23. The van der Waals surface area contributed by atoms with E-state index < -0.39 is 0 Å². The summed E-state index contributed by atoms with van der Waals surface area (Å²) >= 11 is 0. The molecule has 0 saturated heterocycles. The fourth-order valence-electron chi connectivity index (χ4n) is 2.40. The summed E-state index contributed by atoms with van der Waals surface area (Å²) in [7, 11) is 0. The maximum Gasteiger partial charge on any atom is 0.0589 e. The Bertz CT molecular complexity index is 564. The molecular formula is C15H20N4. The van der Waals surface area contributed by atoms with E-state index in [0.717, 1.165) is 11.1 Å². The minimum atomic E-state index is -0.362. The Morgan fingerprint density at radius 3 is 1.42 bits per heavy atom. The quantitative estimate of drug-likeness (QED) is 0.619. The van der Waals surface area contributed by atoms with Crippen LogP contribution in [0.1, 0.15) is 25.0 Å². The molecule has 0 radical (unpaired) electrons. The SMILES string of the molecule is CC(C)(c1cccc(N)c1N)c1cccc(N)c1N. The molecule has 4 heteroatoms. The van der Waals surface area contributed by atoms with Crippen LogP contribution in [0, 0.1) is 0 Å². The molecule has 0 saturated carbocycles. The van der Waals surface area contributed by atoms with Gasteiger partial charge >= 0.3 is 0 Å². The average molecular weight is 256 g/mol. The zero-order valence-electron chi connectivity index (χ0n) is 11.3. The van der Waals surface area contributed by atoms with Gasteiger partial charge in [0.25, 0.3) is 0 Å². The minimum absolute atomic E-state index is 0.362. The molecule has 19 heavy (non-hydrogen) atoms. The van der Waals surface area contributed by atoms with Gasteiger partial charge in [0.1, 0.15) is 0 Å². The van der Waals surface area contributed by atoms with Crippen molar-refractivity contribution in [2.24, 2.45) is 0 Å². The van der Waals surface area contributed by atoms with Gasteiger partial charge in [0.05, 0.1) is 22.7 Å². The average Bonchev–Trinajstić information content (AvgIpc) is 2.35. The maximum absolute atomic E-state index is 6.10. The summed E-state index contributed by atoms with van der Waals surface area (Å²) in [5.41, 5.74) is 27.8. The fourth-order valence-corrected chi connectivity index (χ4v) is 2.40. The van der Waals surface area contributed by atoms with Gasteiger partial charge in [-0.25, -0.2) is 0 Å². The fraction of sp³-hybridized carbons (Fsp3) is 0.200. The molecule has 0 amide bonds. The highest BCUT2D eigenvalue weighted by Crippen LogP contribution is 2.40. The summed E-state index contributed by atoms with van der Waals surface area (Å²) in [6.07, 6.45) is 0. The van der Waals surface area contributed by atoms with Crippen molar-refractivity contribution in [1.29, 1.82) is 0 Å². The van der Waals surface area contributed by atoms with Gasteiger partial charge in [0, 0.05) is 5.41 Å². The first kappa shape index (κ1) is 13.1. The van der Waals surface area contributed by atoms with E-state index in [2.05, 4.69) is 13.8 Å². The van der Waals surface area contributed by atoms with E-state index in [1.54, 1.807) is 12.1 Å². The van der Waals surface area contributed by atoms with E-state index >= 15 is 0 Å². The predicted octanol–water partition coefficient (Wildman–Crippen LogP) is 2.34. The molecule has 8 N–H and O–H groups in total. The molecule has 4 nitrogen and oxygen atoms in total. The lowest BCUT2D eigenvalue weighted by Gasteiger charge is -2.29. The van der Waals surface area contributed by atoms with Crippen LogP contribution >= 0.6 is 0 Å². The molecule has 0 aliphatic carbocycles. The molecule has 0 heterocycles. The predicted molar refractivity (Wildman–Crippen MR) is 82.7 cm³/mol. The van der Waals surface area contributed by atoms with Crippen molar-refractivity contribution in [3.63, 3.8) is 0 Å². The molecule has 0 bridgehead atoms. The van der Waals surface area contributed by atoms with Gasteiger partial charge in [-0.05, 0) is 23.3 Å². The maximum atomic E-state index is 6.10. The molecule has 0 aliphatic rings. The van der Waals surface area contributed by atoms with Gasteiger partial charge in [0.15, 0.2) is 0 Å². The third-order valence-electron chi connectivity index (χ3n) is 3.63. The monoisotopic (exact) mass is 256 g/mol. The Kier molecular flexibility index (Phi) is 3.02. The molecule has 2 rings (SSSR count). The standard InChI is InChI=1S/C15H20N4/c1-15(2,9-5-3-7-11(16)13(9)18)10-6-4-8-12(17)14(10)19/h3-8H,16-19H2,1-2H3. The Hall–Kier alpha value is -2.36. The van der Waals surface area contributed by atoms with Crippen LogP contribution in [0.15, 0.2) is 36.4 Å². The van der Waals surface area contributed by atoms with Gasteiger partial charge in [-0.2, -0.15) is 0 Å². The highest BCUT2D eigenvalue weighted by Gasteiger charge is 2.28. The number of hydrogen-bond acceptors (Lipinski definition) is 4. The van der Waals surface area contributed by atoms with Crippen LogP contribution in [0.2, 0.25) is 0 Å². The number of nitrogens with two attached hydrogens (primary N) is 4. The van der Waals surface area contributed by atoms with Crippen molar-refractivity contribution in [3.05, 3.63) is 47.5 Å². The van der Waals surface area contributed by atoms with Crippen molar-refractivity contribution in [2.75, 3.05) is 22.9 Å². The van der Waals surface area contributed by atoms with Crippen molar-refractivity contribution >= 4 is 22.7 Å². The smallest absolute Gasteiger partial charge is 0.0589 e. The second-order valence-electron chi connectivity index (χ2n) is 5.24. The van der Waals surface area contributed by atoms with Gasteiger partial charge in [-0.1, -0.05) is 38.1 Å². The van der Waals surface area contributed by atoms with Crippen molar-refractivity contribution in [3.8, 4) is 0 Å². The first-order chi connectivity index (χ1) is 8.85. The summed E-state index contributed by atoms with van der Waals surface area (Å²) < 4.78 is 0. The highest BCUT2D eigenvalue weighted by molar-refractivity contribution is 5.74. The summed E-state index contributed by atoms with van der Waals surface area (Å²) in [5, 5.41) is 0. The zero-order chi connectivity index (χ0) is 14.2. The lowest BCUT2D eigenvalue weighted by molar-refractivity contribution is 0.646. The number of nitrogen functional groups attached to an aromatic ring is 4. The van der Waals surface area contributed by atoms with Crippen molar-refractivity contribution in [2.45, 2.75) is 19.3 Å². The molecular weight excluding hydrogens is 236 g/mol. The third kappa shape index (κ3) is 2.05. The third-order valence-corrected chi connectivity index (χ3v) is 3.63. The topological polar surface area (TPSA) is 104 Å². The van der Waals surface area contributed by atoms with E-state index in [1.807, 2.05) is 24.3 Å². The van der Waals surface area contributed by atoms with Crippen molar-refractivity contribution in [1.82, 2.24) is 0 Å². The van der Waals surface area contributed by atoms with Crippen LogP contribution in [0.5, 0.6) is 0 Å². The Morgan fingerprint density at radius 2 is 1.05 bits per heavy atom. The minimum Gasteiger partial charge on any atom is -0.397 e. The number of hydrogen-bond donors (Lipinski definition) is 4.